The molecule has 1 atom stereocenters. The SMILES string of the molecule is CC(C)[C@H](O)C(=O)OCc1c2ccccc2cc2ccccc12. The van der Waals surface area contributed by atoms with Gasteiger partial charge in [-0.1, -0.05) is 62.4 Å². The molecular formula is C20H20O3. The van der Waals surface area contributed by atoms with Crippen molar-refractivity contribution in [3.63, 3.8) is 0 Å². The summed E-state index contributed by atoms with van der Waals surface area (Å²) in [5.41, 5.74) is 0.975. The first-order valence-electron chi connectivity index (χ1n) is 7.82. The summed E-state index contributed by atoms with van der Waals surface area (Å²) in [6.07, 6.45) is -1.09. The second kappa shape index (κ2) is 6.39. The number of aliphatic hydroxyl groups excluding tert-OH is 1. The predicted octanol–water partition coefficient (Wildman–Crippen LogP) is 4.05. The van der Waals surface area contributed by atoms with Gasteiger partial charge in [0.15, 0.2) is 6.10 Å². The Hall–Kier alpha value is -2.39. The maximum atomic E-state index is 12.0. The Kier molecular flexibility index (Phi) is 4.30. The summed E-state index contributed by atoms with van der Waals surface area (Å²) in [6.45, 7) is 3.74. The van der Waals surface area contributed by atoms with Crippen LogP contribution in [0.25, 0.3) is 21.5 Å². The second-order valence-electron chi connectivity index (χ2n) is 6.09. The molecule has 0 radical (unpaired) electrons. The van der Waals surface area contributed by atoms with Crippen LogP contribution in [0.1, 0.15) is 19.4 Å². The van der Waals surface area contributed by atoms with Crippen molar-refractivity contribution in [2.24, 2.45) is 5.92 Å². The van der Waals surface area contributed by atoms with Gasteiger partial charge in [0.1, 0.15) is 6.61 Å². The Morgan fingerprint density at radius 3 is 2.04 bits per heavy atom. The highest BCUT2D eigenvalue weighted by Gasteiger charge is 2.21. The van der Waals surface area contributed by atoms with Gasteiger partial charge in [0.2, 0.25) is 0 Å². The molecule has 1 N–H and O–H groups in total. The highest BCUT2D eigenvalue weighted by atomic mass is 16.5. The van der Waals surface area contributed by atoms with Crippen LogP contribution >= 0.6 is 0 Å². The monoisotopic (exact) mass is 308 g/mol. The van der Waals surface area contributed by atoms with Gasteiger partial charge in [0.05, 0.1) is 0 Å². The number of rotatable bonds is 4. The van der Waals surface area contributed by atoms with Gasteiger partial charge in [-0.05, 0) is 33.5 Å². The van der Waals surface area contributed by atoms with E-state index in [4.69, 9.17) is 4.74 Å². The summed E-state index contributed by atoms with van der Waals surface area (Å²) in [6, 6.07) is 18.3. The maximum Gasteiger partial charge on any atom is 0.335 e. The van der Waals surface area contributed by atoms with E-state index in [0.717, 1.165) is 27.1 Å². The molecule has 23 heavy (non-hydrogen) atoms. The Bertz CT molecular complexity index is 798. The van der Waals surface area contributed by atoms with E-state index in [0.29, 0.717) is 0 Å². The third-order valence-corrected chi connectivity index (χ3v) is 4.11. The normalized spacial score (nSPS) is 12.7. The zero-order valence-electron chi connectivity index (χ0n) is 13.3. The van der Waals surface area contributed by atoms with Crippen LogP contribution in [-0.4, -0.2) is 17.2 Å². The number of esters is 1. The fourth-order valence-electron chi connectivity index (χ4n) is 2.76. The number of carbonyl (C=O) groups is 1. The lowest BCUT2D eigenvalue weighted by atomic mass is 9.97. The lowest BCUT2D eigenvalue weighted by Gasteiger charge is -2.16. The fraction of sp³-hybridized carbons (Fsp3) is 0.250. The van der Waals surface area contributed by atoms with Crippen LogP contribution in [-0.2, 0) is 16.1 Å². The molecule has 0 heterocycles. The van der Waals surface area contributed by atoms with Crippen molar-refractivity contribution in [1.29, 1.82) is 0 Å². The molecule has 0 amide bonds. The number of aliphatic hydroxyl groups is 1. The van der Waals surface area contributed by atoms with Gasteiger partial charge in [-0.2, -0.15) is 0 Å². The average molecular weight is 308 g/mol. The molecule has 0 saturated heterocycles. The van der Waals surface area contributed by atoms with E-state index in [2.05, 4.69) is 18.2 Å². The number of carbonyl (C=O) groups excluding carboxylic acids is 1. The number of benzene rings is 3. The number of ether oxygens (including phenoxy) is 1. The van der Waals surface area contributed by atoms with Gasteiger partial charge in [-0.25, -0.2) is 4.79 Å². The predicted molar refractivity (Wildman–Crippen MR) is 92.1 cm³/mol. The lowest BCUT2D eigenvalue weighted by molar-refractivity contribution is -0.157. The molecule has 0 saturated carbocycles. The van der Waals surface area contributed by atoms with Crippen LogP contribution in [0.2, 0.25) is 0 Å². The van der Waals surface area contributed by atoms with E-state index in [1.54, 1.807) is 13.8 Å². The van der Waals surface area contributed by atoms with Crippen LogP contribution in [0.5, 0.6) is 0 Å². The zero-order chi connectivity index (χ0) is 16.4. The van der Waals surface area contributed by atoms with Crippen molar-refractivity contribution in [1.82, 2.24) is 0 Å². The Labute approximate surface area is 135 Å². The highest BCUT2D eigenvalue weighted by molar-refractivity contribution is 6.02. The van der Waals surface area contributed by atoms with Gasteiger partial charge in [-0.3, -0.25) is 0 Å². The van der Waals surface area contributed by atoms with E-state index >= 15 is 0 Å². The van der Waals surface area contributed by atoms with E-state index in [1.165, 1.54) is 0 Å². The third kappa shape index (κ3) is 3.06. The molecule has 0 fully saturated rings. The van der Waals surface area contributed by atoms with Crippen molar-refractivity contribution >= 4 is 27.5 Å². The molecule has 0 aromatic heterocycles. The minimum Gasteiger partial charge on any atom is -0.459 e. The Morgan fingerprint density at radius 1 is 1.00 bits per heavy atom. The summed E-state index contributed by atoms with van der Waals surface area (Å²) >= 11 is 0. The second-order valence-corrected chi connectivity index (χ2v) is 6.09. The van der Waals surface area contributed by atoms with E-state index in [-0.39, 0.29) is 12.5 Å². The maximum absolute atomic E-state index is 12.0. The smallest absolute Gasteiger partial charge is 0.335 e. The molecule has 0 bridgehead atoms. The topological polar surface area (TPSA) is 46.5 Å². The molecule has 118 valence electrons. The summed E-state index contributed by atoms with van der Waals surface area (Å²) < 4.78 is 5.38. The largest absolute Gasteiger partial charge is 0.459 e. The summed E-state index contributed by atoms with van der Waals surface area (Å²) in [4.78, 5) is 12.0. The molecule has 3 rings (SSSR count). The molecule has 0 aliphatic heterocycles. The summed E-state index contributed by atoms with van der Waals surface area (Å²) in [5.74, 6) is -0.733. The van der Waals surface area contributed by atoms with Gasteiger partial charge >= 0.3 is 5.97 Å². The summed E-state index contributed by atoms with van der Waals surface area (Å²) in [5, 5.41) is 14.2. The first kappa shape index (κ1) is 15.5. The molecule has 0 aliphatic carbocycles. The minimum atomic E-state index is -1.09. The Morgan fingerprint density at radius 2 is 1.52 bits per heavy atom. The number of fused-ring (bicyclic) bond motifs is 2. The average Bonchev–Trinajstić information content (AvgIpc) is 2.57. The van der Waals surface area contributed by atoms with Crippen molar-refractivity contribution in [2.75, 3.05) is 0 Å². The number of hydrogen-bond donors (Lipinski definition) is 1. The van der Waals surface area contributed by atoms with Crippen LogP contribution < -0.4 is 0 Å². The molecular weight excluding hydrogens is 288 g/mol. The molecule has 0 unspecified atom stereocenters. The molecule has 3 aromatic carbocycles. The van der Waals surface area contributed by atoms with Crippen molar-refractivity contribution in [3.8, 4) is 0 Å². The van der Waals surface area contributed by atoms with E-state index < -0.39 is 12.1 Å². The van der Waals surface area contributed by atoms with Crippen LogP contribution in [0.4, 0.5) is 0 Å². The number of hydrogen-bond acceptors (Lipinski definition) is 3. The van der Waals surface area contributed by atoms with Crippen LogP contribution in [0, 0.1) is 5.92 Å². The minimum absolute atomic E-state index is 0.157. The summed E-state index contributed by atoms with van der Waals surface area (Å²) in [7, 11) is 0. The molecule has 3 aromatic rings. The standard InChI is InChI=1S/C20H20O3/c1-13(2)19(21)20(22)23-12-18-16-9-5-3-7-14(16)11-15-8-4-6-10-17(15)18/h3-11,13,19,21H,12H2,1-2H3/t19-/m0/s1. The van der Waals surface area contributed by atoms with Gasteiger partial charge < -0.3 is 9.84 Å². The third-order valence-electron chi connectivity index (χ3n) is 4.11. The molecule has 3 nitrogen and oxygen atoms in total. The fourth-order valence-corrected chi connectivity index (χ4v) is 2.76. The van der Waals surface area contributed by atoms with Gasteiger partial charge in [0, 0.05) is 5.56 Å². The first-order chi connectivity index (χ1) is 11.1. The van der Waals surface area contributed by atoms with Gasteiger partial charge in [0.25, 0.3) is 0 Å². The molecule has 0 aliphatic rings. The van der Waals surface area contributed by atoms with Gasteiger partial charge in [-0.15, -0.1) is 0 Å². The van der Waals surface area contributed by atoms with Crippen molar-refractivity contribution < 1.29 is 14.6 Å². The zero-order valence-corrected chi connectivity index (χ0v) is 13.3. The van der Waals surface area contributed by atoms with E-state index in [1.807, 2.05) is 36.4 Å². The van der Waals surface area contributed by atoms with Crippen molar-refractivity contribution in [3.05, 3.63) is 60.2 Å². The van der Waals surface area contributed by atoms with E-state index in [9.17, 15) is 9.90 Å². The molecule has 3 heteroatoms. The van der Waals surface area contributed by atoms with Crippen molar-refractivity contribution in [2.45, 2.75) is 26.6 Å². The quantitative estimate of drug-likeness (QED) is 0.584. The highest BCUT2D eigenvalue weighted by Crippen LogP contribution is 2.29. The van der Waals surface area contributed by atoms with Crippen LogP contribution in [0.3, 0.4) is 0 Å². The Balaban J connectivity index is 2.02. The van der Waals surface area contributed by atoms with Crippen LogP contribution in [0.15, 0.2) is 54.6 Å². The lowest BCUT2D eigenvalue weighted by Crippen LogP contribution is -2.28. The molecule has 0 spiro atoms. The first-order valence-corrected chi connectivity index (χ1v) is 7.82.